The van der Waals surface area contributed by atoms with E-state index in [1.54, 1.807) is 6.07 Å². The van der Waals surface area contributed by atoms with Gasteiger partial charge >= 0.3 is 0 Å². The monoisotopic (exact) mass is 379 g/mol. The number of hydrogen-bond acceptors (Lipinski definition) is 4. The first-order valence-electron chi connectivity index (χ1n) is 9.34. The Kier molecular flexibility index (Phi) is 5.69. The fraction of sp³-hybridized carbons (Fsp3) is 0.632. The fourth-order valence-electron chi connectivity index (χ4n) is 3.77. The third kappa shape index (κ3) is 3.94. The van der Waals surface area contributed by atoms with Gasteiger partial charge in [-0.1, -0.05) is 12.1 Å². The second kappa shape index (κ2) is 7.66. The number of aryl methyl sites for hydroxylation is 2. The Bertz CT molecular complexity index is 770. The summed E-state index contributed by atoms with van der Waals surface area (Å²) in [5.41, 5.74) is 1.68. The number of nitrogens with zero attached hydrogens (tertiary/aromatic N) is 3. The van der Waals surface area contributed by atoms with E-state index in [2.05, 4.69) is 11.9 Å². The minimum Gasteiger partial charge on any atom is -0.340 e. The van der Waals surface area contributed by atoms with Crippen molar-refractivity contribution >= 4 is 15.9 Å². The van der Waals surface area contributed by atoms with E-state index in [4.69, 9.17) is 0 Å². The van der Waals surface area contributed by atoms with Gasteiger partial charge in [0.25, 0.3) is 0 Å². The molecule has 0 unspecified atom stereocenters. The molecule has 0 saturated carbocycles. The molecule has 7 heteroatoms. The van der Waals surface area contributed by atoms with Crippen molar-refractivity contribution in [2.75, 3.05) is 46.3 Å². The molecular weight excluding hydrogens is 350 g/mol. The largest absolute Gasteiger partial charge is 0.340 e. The molecule has 2 aliphatic heterocycles. The zero-order chi connectivity index (χ0) is 18.9. The highest BCUT2D eigenvalue weighted by Crippen LogP contribution is 2.27. The van der Waals surface area contributed by atoms with E-state index in [0.29, 0.717) is 18.0 Å². The normalized spacial score (nSPS) is 23.2. The van der Waals surface area contributed by atoms with Gasteiger partial charge < -0.3 is 9.80 Å². The zero-order valence-corrected chi connectivity index (χ0v) is 16.8. The molecule has 2 aliphatic rings. The quantitative estimate of drug-likeness (QED) is 0.798. The molecule has 2 heterocycles. The van der Waals surface area contributed by atoms with Crippen molar-refractivity contribution in [3.05, 3.63) is 29.3 Å². The molecule has 0 N–H and O–H groups in total. The van der Waals surface area contributed by atoms with Crippen LogP contribution in [0.15, 0.2) is 23.1 Å². The Labute approximate surface area is 156 Å². The Hall–Kier alpha value is -1.44. The third-order valence-corrected chi connectivity index (χ3v) is 7.52. The maximum absolute atomic E-state index is 13.1. The molecule has 0 radical (unpaired) electrons. The van der Waals surface area contributed by atoms with Crippen LogP contribution < -0.4 is 0 Å². The van der Waals surface area contributed by atoms with Crippen molar-refractivity contribution in [2.24, 2.45) is 5.92 Å². The molecule has 1 aromatic carbocycles. The molecule has 6 nitrogen and oxygen atoms in total. The molecular formula is C19H29N3O3S. The lowest BCUT2D eigenvalue weighted by Crippen LogP contribution is -2.52. The lowest BCUT2D eigenvalue weighted by Gasteiger charge is -2.37. The summed E-state index contributed by atoms with van der Waals surface area (Å²) < 4.78 is 27.8. The second-order valence-electron chi connectivity index (χ2n) is 7.60. The summed E-state index contributed by atoms with van der Waals surface area (Å²) >= 11 is 0. The van der Waals surface area contributed by atoms with E-state index in [1.807, 2.05) is 30.9 Å². The van der Waals surface area contributed by atoms with Crippen molar-refractivity contribution < 1.29 is 13.2 Å². The number of piperazine rings is 1. The summed E-state index contributed by atoms with van der Waals surface area (Å²) in [5.74, 6) is -0.119. The molecule has 0 spiro atoms. The Balaban J connectivity index is 1.75. The van der Waals surface area contributed by atoms with Gasteiger partial charge in [-0.3, -0.25) is 4.79 Å². The van der Waals surface area contributed by atoms with E-state index in [0.717, 1.165) is 50.1 Å². The first-order valence-corrected chi connectivity index (χ1v) is 10.8. The maximum Gasteiger partial charge on any atom is 0.243 e. The molecule has 1 amide bonds. The Morgan fingerprint density at radius 2 is 1.77 bits per heavy atom. The van der Waals surface area contributed by atoms with Crippen LogP contribution in [0, 0.1) is 19.8 Å². The van der Waals surface area contributed by atoms with Crippen LogP contribution >= 0.6 is 0 Å². The van der Waals surface area contributed by atoms with Gasteiger partial charge in [0.2, 0.25) is 15.9 Å². The summed E-state index contributed by atoms with van der Waals surface area (Å²) in [6, 6.07) is 5.50. The fourth-order valence-corrected chi connectivity index (χ4v) is 5.61. The number of piperidine rings is 1. The maximum atomic E-state index is 13.1. The van der Waals surface area contributed by atoms with Crippen LogP contribution in [0.4, 0.5) is 0 Å². The average molecular weight is 380 g/mol. The number of rotatable bonds is 3. The van der Waals surface area contributed by atoms with E-state index >= 15 is 0 Å². The van der Waals surface area contributed by atoms with Gasteiger partial charge in [-0.25, -0.2) is 8.42 Å². The predicted molar refractivity (Wildman–Crippen MR) is 101 cm³/mol. The van der Waals surface area contributed by atoms with Crippen LogP contribution in [-0.2, 0) is 14.8 Å². The number of carbonyl (C=O) groups is 1. The molecule has 26 heavy (non-hydrogen) atoms. The smallest absolute Gasteiger partial charge is 0.243 e. The van der Waals surface area contributed by atoms with E-state index in [9.17, 15) is 13.2 Å². The molecule has 0 bridgehead atoms. The van der Waals surface area contributed by atoms with Crippen LogP contribution in [0.2, 0.25) is 0 Å². The van der Waals surface area contributed by atoms with Crippen molar-refractivity contribution in [2.45, 2.75) is 31.6 Å². The van der Waals surface area contributed by atoms with Crippen LogP contribution in [0.25, 0.3) is 0 Å². The van der Waals surface area contributed by atoms with E-state index in [1.165, 1.54) is 4.31 Å². The van der Waals surface area contributed by atoms with Crippen molar-refractivity contribution in [3.63, 3.8) is 0 Å². The third-order valence-electron chi connectivity index (χ3n) is 5.51. The molecule has 1 atom stereocenters. The number of likely N-dealkylation sites (N-methyl/N-ethyl adjacent to an activating group) is 1. The van der Waals surface area contributed by atoms with Gasteiger partial charge in [-0.15, -0.1) is 0 Å². The number of benzene rings is 1. The summed E-state index contributed by atoms with van der Waals surface area (Å²) in [6.45, 7) is 7.72. The number of sulfonamides is 1. The highest BCUT2D eigenvalue weighted by atomic mass is 32.2. The molecule has 2 saturated heterocycles. The Morgan fingerprint density at radius 1 is 1.08 bits per heavy atom. The van der Waals surface area contributed by atoms with Gasteiger partial charge in [0.15, 0.2) is 0 Å². The average Bonchev–Trinajstić information content (AvgIpc) is 2.64. The number of hydrogen-bond donors (Lipinski definition) is 0. The molecule has 2 fully saturated rings. The lowest BCUT2D eigenvalue weighted by molar-refractivity contribution is -0.138. The first kappa shape index (κ1) is 19.3. The van der Waals surface area contributed by atoms with Gasteiger partial charge in [-0.2, -0.15) is 4.31 Å². The van der Waals surface area contributed by atoms with E-state index in [-0.39, 0.29) is 11.8 Å². The van der Waals surface area contributed by atoms with Crippen molar-refractivity contribution in [3.8, 4) is 0 Å². The zero-order valence-electron chi connectivity index (χ0n) is 15.9. The standard InChI is InChI=1S/C19H29N3O3S/c1-15-6-7-16(2)18(13-15)26(24,25)22-8-4-5-17(14-22)19(23)21-11-9-20(3)10-12-21/h6-7,13,17H,4-5,8-12,14H2,1-3H3/t17-/m1/s1. The minimum atomic E-state index is -3.57. The van der Waals surface area contributed by atoms with Gasteiger partial charge in [0.05, 0.1) is 10.8 Å². The summed E-state index contributed by atoms with van der Waals surface area (Å²) in [7, 11) is -1.51. The summed E-state index contributed by atoms with van der Waals surface area (Å²) in [4.78, 5) is 17.4. The lowest BCUT2D eigenvalue weighted by atomic mass is 9.98. The summed E-state index contributed by atoms with van der Waals surface area (Å²) in [5, 5.41) is 0. The first-order chi connectivity index (χ1) is 12.3. The summed E-state index contributed by atoms with van der Waals surface area (Å²) in [6.07, 6.45) is 1.50. The van der Waals surface area contributed by atoms with Crippen LogP contribution in [-0.4, -0.2) is 74.7 Å². The molecule has 0 aromatic heterocycles. The molecule has 144 valence electrons. The minimum absolute atomic E-state index is 0.110. The predicted octanol–water partition coefficient (Wildman–Crippen LogP) is 1.48. The highest BCUT2D eigenvalue weighted by molar-refractivity contribution is 7.89. The van der Waals surface area contributed by atoms with Crippen molar-refractivity contribution in [1.82, 2.24) is 14.1 Å². The van der Waals surface area contributed by atoms with E-state index < -0.39 is 10.0 Å². The van der Waals surface area contributed by atoms with Crippen molar-refractivity contribution in [1.29, 1.82) is 0 Å². The molecule has 3 rings (SSSR count). The van der Waals surface area contributed by atoms with Gasteiger partial charge in [0, 0.05) is 39.3 Å². The van der Waals surface area contributed by atoms with Crippen LogP contribution in [0.5, 0.6) is 0 Å². The number of amides is 1. The molecule has 1 aromatic rings. The van der Waals surface area contributed by atoms with Crippen LogP contribution in [0.3, 0.4) is 0 Å². The topological polar surface area (TPSA) is 60.9 Å². The molecule has 0 aliphatic carbocycles. The Morgan fingerprint density at radius 3 is 2.46 bits per heavy atom. The van der Waals surface area contributed by atoms with Gasteiger partial charge in [-0.05, 0) is 50.9 Å². The second-order valence-corrected chi connectivity index (χ2v) is 9.51. The number of carbonyl (C=O) groups excluding carboxylic acids is 1. The van der Waals surface area contributed by atoms with Crippen LogP contribution in [0.1, 0.15) is 24.0 Å². The highest BCUT2D eigenvalue weighted by Gasteiger charge is 2.36. The SMILES string of the molecule is Cc1ccc(C)c(S(=O)(=O)N2CCC[C@@H](C(=O)N3CCN(C)CC3)C2)c1. The van der Waals surface area contributed by atoms with Gasteiger partial charge in [0.1, 0.15) is 0 Å².